The maximum atomic E-state index is 12.3. The molecule has 0 aliphatic heterocycles. The molecule has 0 spiro atoms. The van der Waals surface area contributed by atoms with Gasteiger partial charge in [0.05, 0.1) is 19.8 Å². The normalized spacial score (nSPS) is 9.91. The summed E-state index contributed by atoms with van der Waals surface area (Å²) in [5.74, 6) is 0.122. The minimum absolute atomic E-state index is 0.345. The van der Waals surface area contributed by atoms with Crippen molar-refractivity contribution in [3.05, 3.63) is 53.6 Å². The van der Waals surface area contributed by atoms with E-state index in [1.807, 2.05) is 0 Å². The van der Waals surface area contributed by atoms with Crippen LogP contribution in [0.25, 0.3) is 0 Å². The summed E-state index contributed by atoms with van der Waals surface area (Å²) < 4.78 is 10.3. The number of hydrogen-bond acceptors (Lipinski definition) is 4. The van der Waals surface area contributed by atoms with E-state index >= 15 is 0 Å². The van der Waals surface area contributed by atoms with Gasteiger partial charge in [-0.15, -0.1) is 0 Å². The van der Waals surface area contributed by atoms with Crippen LogP contribution in [0.2, 0.25) is 0 Å². The van der Waals surface area contributed by atoms with Gasteiger partial charge in [-0.3, -0.25) is 9.59 Å². The van der Waals surface area contributed by atoms with E-state index in [0.29, 0.717) is 28.3 Å². The Hall–Kier alpha value is -3.02. The van der Waals surface area contributed by atoms with Gasteiger partial charge in [-0.2, -0.15) is 0 Å². The third-order valence-corrected chi connectivity index (χ3v) is 3.08. The van der Waals surface area contributed by atoms with Crippen LogP contribution >= 0.6 is 0 Å². The topological polar surface area (TPSA) is 90.7 Å². The molecule has 0 radical (unpaired) electrons. The monoisotopic (exact) mass is 300 g/mol. The molecule has 2 amide bonds. The molecule has 2 aromatic carbocycles. The Labute approximate surface area is 127 Å². The van der Waals surface area contributed by atoms with E-state index in [-0.39, 0.29) is 5.91 Å². The summed E-state index contributed by atoms with van der Waals surface area (Å²) in [7, 11) is 3.01. The third-order valence-electron chi connectivity index (χ3n) is 3.08. The number of anilines is 1. The van der Waals surface area contributed by atoms with Crippen molar-refractivity contribution in [2.75, 3.05) is 19.5 Å². The van der Waals surface area contributed by atoms with Crippen molar-refractivity contribution >= 4 is 17.5 Å². The second-order valence-electron chi connectivity index (χ2n) is 4.46. The van der Waals surface area contributed by atoms with Gasteiger partial charge in [0, 0.05) is 11.3 Å². The van der Waals surface area contributed by atoms with Crippen molar-refractivity contribution in [3.8, 4) is 11.5 Å². The molecule has 0 atom stereocenters. The van der Waals surface area contributed by atoms with Gasteiger partial charge in [0.15, 0.2) is 0 Å². The van der Waals surface area contributed by atoms with Crippen molar-refractivity contribution < 1.29 is 19.1 Å². The Morgan fingerprint density at radius 1 is 1.00 bits per heavy atom. The molecule has 0 unspecified atom stereocenters. The molecule has 6 heteroatoms. The van der Waals surface area contributed by atoms with Gasteiger partial charge in [-0.1, -0.05) is 0 Å². The first-order valence-electron chi connectivity index (χ1n) is 6.48. The highest BCUT2D eigenvalue weighted by atomic mass is 16.5. The van der Waals surface area contributed by atoms with Crippen molar-refractivity contribution in [2.45, 2.75) is 0 Å². The second kappa shape index (κ2) is 6.62. The number of nitrogens with two attached hydrogens (primary N) is 1. The molecular formula is C16H16N2O4. The molecule has 0 bridgehead atoms. The van der Waals surface area contributed by atoms with E-state index in [9.17, 15) is 9.59 Å². The molecule has 0 saturated carbocycles. The van der Waals surface area contributed by atoms with Crippen LogP contribution in [-0.2, 0) is 0 Å². The zero-order valence-electron chi connectivity index (χ0n) is 12.3. The largest absolute Gasteiger partial charge is 0.497 e. The van der Waals surface area contributed by atoms with E-state index in [0.717, 1.165) is 0 Å². The second-order valence-corrected chi connectivity index (χ2v) is 4.46. The number of hydrogen-bond donors (Lipinski definition) is 2. The molecule has 0 saturated heterocycles. The average molecular weight is 300 g/mol. The highest BCUT2D eigenvalue weighted by molar-refractivity contribution is 6.06. The number of primary amides is 1. The summed E-state index contributed by atoms with van der Waals surface area (Å²) in [6.45, 7) is 0. The van der Waals surface area contributed by atoms with Crippen LogP contribution in [0.15, 0.2) is 42.5 Å². The van der Waals surface area contributed by atoms with Gasteiger partial charge in [-0.25, -0.2) is 0 Å². The minimum Gasteiger partial charge on any atom is -0.497 e. The lowest BCUT2D eigenvalue weighted by Gasteiger charge is -2.11. The van der Waals surface area contributed by atoms with Crippen LogP contribution < -0.4 is 20.5 Å². The molecule has 2 rings (SSSR count). The Bertz CT molecular complexity index is 696. The Balaban J connectivity index is 2.23. The SMILES string of the molecule is COc1ccc(OC)c(C(=O)Nc2ccc(C(N)=O)cc2)c1. The van der Waals surface area contributed by atoms with Gasteiger partial charge < -0.3 is 20.5 Å². The van der Waals surface area contributed by atoms with E-state index in [2.05, 4.69) is 5.32 Å². The van der Waals surface area contributed by atoms with Crippen LogP contribution in [0.1, 0.15) is 20.7 Å². The fourth-order valence-corrected chi connectivity index (χ4v) is 1.91. The Morgan fingerprint density at radius 3 is 2.23 bits per heavy atom. The number of nitrogens with one attached hydrogen (secondary N) is 1. The van der Waals surface area contributed by atoms with Gasteiger partial charge >= 0.3 is 0 Å². The van der Waals surface area contributed by atoms with Gasteiger partial charge in [0.1, 0.15) is 11.5 Å². The molecule has 0 aliphatic carbocycles. The zero-order chi connectivity index (χ0) is 16.1. The van der Waals surface area contributed by atoms with Crippen molar-refractivity contribution in [1.82, 2.24) is 0 Å². The fourth-order valence-electron chi connectivity index (χ4n) is 1.91. The van der Waals surface area contributed by atoms with Crippen molar-refractivity contribution in [1.29, 1.82) is 0 Å². The number of methoxy groups -OCH3 is 2. The summed E-state index contributed by atoms with van der Waals surface area (Å²) in [5.41, 5.74) is 6.43. The maximum Gasteiger partial charge on any atom is 0.259 e. The lowest BCUT2D eigenvalue weighted by Crippen LogP contribution is -2.14. The summed E-state index contributed by atoms with van der Waals surface area (Å²) in [6, 6.07) is 11.2. The fraction of sp³-hybridized carbons (Fsp3) is 0.125. The smallest absolute Gasteiger partial charge is 0.259 e. The quantitative estimate of drug-likeness (QED) is 0.884. The molecular weight excluding hydrogens is 284 g/mol. The number of ether oxygens (including phenoxy) is 2. The number of benzene rings is 2. The van der Waals surface area contributed by atoms with Crippen LogP contribution in [0.4, 0.5) is 5.69 Å². The highest BCUT2D eigenvalue weighted by Gasteiger charge is 2.14. The van der Waals surface area contributed by atoms with Gasteiger partial charge in [-0.05, 0) is 42.5 Å². The number of amides is 2. The zero-order valence-corrected chi connectivity index (χ0v) is 12.3. The van der Waals surface area contributed by atoms with Crippen LogP contribution in [0, 0.1) is 0 Å². The molecule has 0 heterocycles. The predicted octanol–water partition coefficient (Wildman–Crippen LogP) is 2.05. The van der Waals surface area contributed by atoms with Gasteiger partial charge in [0.2, 0.25) is 5.91 Å². The molecule has 3 N–H and O–H groups in total. The lowest BCUT2D eigenvalue weighted by molar-refractivity contribution is 0.0998. The van der Waals surface area contributed by atoms with E-state index in [1.165, 1.54) is 14.2 Å². The summed E-state index contributed by atoms with van der Waals surface area (Å²) in [5, 5.41) is 2.72. The number of carbonyl (C=O) groups excluding carboxylic acids is 2. The number of carbonyl (C=O) groups is 2. The van der Waals surface area contributed by atoms with E-state index in [1.54, 1.807) is 42.5 Å². The predicted molar refractivity (Wildman–Crippen MR) is 82.5 cm³/mol. The first kappa shape index (κ1) is 15.4. The molecule has 22 heavy (non-hydrogen) atoms. The molecule has 0 fully saturated rings. The Morgan fingerprint density at radius 2 is 1.68 bits per heavy atom. The maximum absolute atomic E-state index is 12.3. The molecule has 6 nitrogen and oxygen atoms in total. The average Bonchev–Trinajstić information content (AvgIpc) is 2.54. The lowest BCUT2D eigenvalue weighted by atomic mass is 10.1. The number of rotatable bonds is 5. The molecule has 0 aromatic heterocycles. The van der Waals surface area contributed by atoms with Crippen LogP contribution in [0.5, 0.6) is 11.5 Å². The standard InChI is InChI=1S/C16H16N2O4/c1-21-12-7-8-14(22-2)13(9-12)16(20)18-11-5-3-10(4-6-11)15(17)19/h3-9H,1-2H3,(H2,17,19)(H,18,20). The van der Waals surface area contributed by atoms with Crippen LogP contribution in [0.3, 0.4) is 0 Å². The minimum atomic E-state index is -0.521. The third kappa shape index (κ3) is 3.35. The van der Waals surface area contributed by atoms with Crippen molar-refractivity contribution in [3.63, 3.8) is 0 Å². The van der Waals surface area contributed by atoms with Crippen molar-refractivity contribution in [2.24, 2.45) is 5.73 Å². The molecule has 0 aliphatic rings. The summed E-state index contributed by atoms with van der Waals surface area (Å²) in [4.78, 5) is 23.4. The molecule has 2 aromatic rings. The Kier molecular flexibility index (Phi) is 4.63. The van der Waals surface area contributed by atoms with Gasteiger partial charge in [0.25, 0.3) is 5.91 Å². The highest BCUT2D eigenvalue weighted by Crippen LogP contribution is 2.25. The van der Waals surface area contributed by atoms with E-state index < -0.39 is 5.91 Å². The summed E-state index contributed by atoms with van der Waals surface area (Å²) >= 11 is 0. The first-order chi connectivity index (χ1) is 10.5. The summed E-state index contributed by atoms with van der Waals surface area (Å²) in [6.07, 6.45) is 0. The van der Waals surface area contributed by atoms with Crippen LogP contribution in [-0.4, -0.2) is 26.0 Å². The molecule has 114 valence electrons. The van der Waals surface area contributed by atoms with E-state index in [4.69, 9.17) is 15.2 Å². The first-order valence-corrected chi connectivity index (χ1v) is 6.48.